The number of benzene rings is 3. The van der Waals surface area contributed by atoms with Crippen LogP contribution >= 0.6 is 0 Å². The topological polar surface area (TPSA) is 99.0 Å². The van der Waals surface area contributed by atoms with Gasteiger partial charge in [0.15, 0.2) is 18.1 Å². The van der Waals surface area contributed by atoms with E-state index in [9.17, 15) is 9.59 Å². The fraction of sp³-hybridized carbons (Fsp3) is 0.154. The van der Waals surface area contributed by atoms with E-state index in [2.05, 4.69) is 10.9 Å². The summed E-state index contributed by atoms with van der Waals surface area (Å²) in [6.45, 7) is 2.14. The first-order valence-electron chi connectivity index (χ1n) is 10.8. The molecule has 0 saturated carbocycles. The molecule has 1 heterocycles. The van der Waals surface area contributed by atoms with Gasteiger partial charge in [0.05, 0.1) is 6.61 Å². The maximum Gasteiger partial charge on any atom is 0.305 e. The molecule has 0 fully saturated rings. The molecule has 0 unspecified atom stereocenters. The van der Waals surface area contributed by atoms with Gasteiger partial charge in [-0.25, -0.2) is 0 Å². The molecule has 8 nitrogen and oxygen atoms in total. The molecule has 34 heavy (non-hydrogen) atoms. The van der Waals surface area contributed by atoms with Gasteiger partial charge >= 0.3 is 5.91 Å². The van der Waals surface area contributed by atoms with Gasteiger partial charge in [0.25, 0.3) is 5.91 Å². The number of furan rings is 1. The number of fused-ring (bicyclic) bond motifs is 1. The predicted molar refractivity (Wildman–Crippen MR) is 126 cm³/mol. The molecule has 2 N–H and O–H groups in total. The largest absolute Gasteiger partial charge is 0.490 e. The second-order valence-corrected chi connectivity index (χ2v) is 7.18. The molecule has 3 aromatic carbocycles. The Hall–Kier alpha value is -4.46. The number of nitrogens with one attached hydrogen (secondary N) is 2. The number of ether oxygens (including phenoxy) is 3. The van der Waals surface area contributed by atoms with Crippen molar-refractivity contribution >= 4 is 22.8 Å². The van der Waals surface area contributed by atoms with Crippen LogP contribution in [0.3, 0.4) is 0 Å². The zero-order valence-electron chi connectivity index (χ0n) is 18.6. The number of rotatable bonds is 9. The molecule has 0 atom stereocenters. The normalized spacial score (nSPS) is 10.5. The Morgan fingerprint density at radius 3 is 2.24 bits per heavy atom. The first-order valence-corrected chi connectivity index (χ1v) is 10.8. The van der Waals surface area contributed by atoms with E-state index in [1.807, 2.05) is 61.5 Å². The van der Waals surface area contributed by atoms with Crippen molar-refractivity contribution in [1.29, 1.82) is 0 Å². The summed E-state index contributed by atoms with van der Waals surface area (Å²) in [4.78, 5) is 25.1. The summed E-state index contributed by atoms with van der Waals surface area (Å²) in [6.07, 6.45) is 0. The van der Waals surface area contributed by atoms with E-state index in [1.54, 1.807) is 24.3 Å². The highest BCUT2D eigenvalue weighted by Gasteiger charge is 2.21. The molecule has 0 bridgehead atoms. The molecular weight excluding hydrogens is 436 g/mol. The highest BCUT2D eigenvalue weighted by Crippen LogP contribution is 2.28. The maximum atomic E-state index is 12.8. The monoisotopic (exact) mass is 460 g/mol. The molecule has 174 valence electrons. The van der Waals surface area contributed by atoms with E-state index in [4.69, 9.17) is 18.6 Å². The van der Waals surface area contributed by atoms with E-state index < -0.39 is 11.8 Å². The zero-order chi connectivity index (χ0) is 23.8. The summed E-state index contributed by atoms with van der Waals surface area (Å²) in [5.74, 6) is 0.538. The first-order chi connectivity index (χ1) is 16.7. The van der Waals surface area contributed by atoms with Crippen LogP contribution in [0, 0.1) is 0 Å². The van der Waals surface area contributed by atoms with Gasteiger partial charge in [-0.1, -0.05) is 48.5 Å². The molecule has 0 aliphatic carbocycles. The van der Waals surface area contributed by atoms with Crippen molar-refractivity contribution < 1.29 is 28.2 Å². The van der Waals surface area contributed by atoms with E-state index >= 15 is 0 Å². The Labute approximate surface area is 196 Å². The van der Waals surface area contributed by atoms with Crippen LogP contribution in [0.5, 0.6) is 17.2 Å². The third-order valence-electron chi connectivity index (χ3n) is 4.85. The van der Waals surface area contributed by atoms with Crippen LogP contribution in [0.1, 0.15) is 23.0 Å². The first kappa shape index (κ1) is 22.7. The standard InChI is InChI=1S/C26H24N2O6/c1-2-31-22-14-8-9-15-23(22)33-17-24(29)27-28-26(30)25-20(16-32-18-10-4-3-5-11-18)19-12-6-7-13-21(19)34-25/h3-15H,2,16-17H2,1H3,(H,27,29)(H,28,30). The minimum Gasteiger partial charge on any atom is -0.490 e. The number of carbonyl (C=O) groups is 2. The molecule has 0 aliphatic heterocycles. The van der Waals surface area contributed by atoms with Gasteiger partial charge in [-0.15, -0.1) is 0 Å². The summed E-state index contributed by atoms with van der Waals surface area (Å²) >= 11 is 0. The fourth-order valence-electron chi connectivity index (χ4n) is 3.30. The van der Waals surface area contributed by atoms with Gasteiger partial charge in [-0.05, 0) is 37.3 Å². The highest BCUT2D eigenvalue weighted by atomic mass is 16.5. The van der Waals surface area contributed by atoms with Crippen molar-refractivity contribution in [2.24, 2.45) is 0 Å². The second-order valence-electron chi connectivity index (χ2n) is 7.18. The van der Waals surface area contributed by atoms with Gasteiger partial charge in [0.1, 0.15) is 17.9 Å². The Morgan fingerprint density at radius 2 is 1.47 bits per heavy atom. The Balaban J connectivity index is 1.40. The lowest BCUT2D eigenvalue weighted by Crippen LogP contribution is -2.44. The smallest absolute Gasteiger partial charge is 0.305 e. The van der Waals surface area contributed by atoms with Gasteiger partial charge in [-0.2, -0.15) is 0 Å². The van der Waals surface area contributed by atoms with E-state index in [1.165, 1.54) is 0 Å². The fourth-order valence-corrected chi connectivity index (χ4v) is 3.30. The van der Waals surface area contributed by atoms with Gasteiger partial charge in [-0.3, -0.25) is 20.4 Å². The molecule has 0 aliphatic rings. The Kier molecular flexibility index (Phi) is 7.29. The van der Waals surface area contributed by atoms with Crippen LogP contribution in [0.25, 0.3) is 11.0 Å². The predicted octanol–water partition coefficient (Wildman–Crippen LogP) is 4.25. The lowest BCUT2D eigenvalue weighted by atomic mass is 10.1. The molecular formula is C26H24N2O6. The van der Waals surface area contributed by atoms with Crippen LogP contribution in [-0.2, 0) is 11.4 Å². The van der Waals surface area contributed by atoms with Crippen molar-refractivity contribution in [1.82, 2.24) is 10.9 Å². The zero-order valence-corrected chi connectivity index (χ0v) is 18.6. The average molecular weight is 460 g/mol. The van der Waals surface area contributed by atoms with Gasteiger partial charge in [0.2, 0.25) is 5.76 Å². The summed E-state index contributed by atoms with van der Waals surface area (Å²) in [6, 6.07) is 23.6. The van der Waals surface area contributed by atoms with Crippen molar-refractivity contribution in [2.75, 3.05) is 13.2 Å². The second kappa shape index (κ2) is 10.9. The summed E-state index contributed by atoms with van der Waals surface area (Å²) in [5.41, 5.74) is 5.84. The van der Waals surface area contributed by atoms with E-state index in [-0.39, 0.29) is 19.0 Å². The van der Waals surface area contributed by atoms with Crippen LogP contribution in [0.2, 0.25) is 0 Å². The van der Waals surface area contributed by atoms with Crippen molar-refractivity contribution in [3.63, 3.8) is 0 Å². The third-order valence-corrected chi connectivity index (χ3v) is 4.85. The molecule has 0 spiro atoms. The molecule has 1 aromatic heterocycles. The van der Waals surface area contributed by atoms with Crippen LogP contribution < -0.4 is 25.1 Å². The highest BCUT2D eigenvalue weighted by molar-refractivity contribution is 5.99. The number of hydrazine groups is 1. The molecule has 8 heteroatoms. The third kappa shape index (κ3) is 5.47. The Bertz CT molecular complexity index is 1270. The van der Waals surface area contributed by atoms with Gasteiger partial charge in [0, 0.05) is 10.9 Å². The lowest BCUT2D eigenvalue weighted by molar-refractivity contribution is -0.123. The Morgan fingerprint density at radius 1 is 0.794 bits per heavy atom. The molecule has 4 rings (SSSR count). The minimum absolute atomic E-state index is 0.0556. The van der Waals surface area contributed by atoms with Crippen LogP contribution in [0.15, 0.2) is 83.3 Å². The number of hydrogen-bond acceptors (Lipinski definition) is 6. The number of amides is 2. The van der Waals surface area contributed by atoms with Crippen LogP contribution in [-0.4, -0.2) is 25.0 Å². The maximum absolute atomic E-state index is 12.8. The lowest BCUT2D eigenvalue weighted by Gasteiger charge is -2.12. The minimum atomic E-state index is -0.606. The summed E-state index contributed by atoms with van der Waals surface area (Å²) in [7, 11) is 0. The van der Waals surface area contributed by atoms with Crippen molar-refractivity contribution in [3.8, 4) is 17.2 Å². The van der Waals surface area contributed by atoms with Crippen molar-refractivity contribution in [3.05, 3.63) is 90.2 Å². The molecule has 0 radical (unpaired) electrons. The molecule has 4 aromatic rings. The van der Waals surface area contributed by atoms with Crippen LogP contribution in [0.4, 0.5) is 0 Å². The average Bonchev–Trinajstić information content (AvgIpc) is 3.25. The van der Waals surface area contributed by atoms with Crippen molar-refractivity contribution in [2.45, 2.75) is 13.5 Å². The summed E-state index contributed by atoms with van der Waals surface area (Å²) < 4.78 is 22.6. The molecule has 2 amide bonds. The summed E-state index contributed by atoms with van der Waals surface area (Å²) in [5, 5.41) is 0.755. The molecule has 0 saturated heterocycles. The number of hydrogen-bond donors (Lipinski definition) is 2. The number of para-hydroxylation sites is 4. The van der Waals surface area contributed by atoms with Gasteiger partial charge < -0.3 is 18.6 Å². The van der Waals surface area contributed by atoms with E-state index in [0.717, 1.165) is 5.39 Å². The quantitative estimate of drug-likeness (QED) is 0.362. The van der Waals surface area contributed by atoms with E-state index in [0.29, 0.717) is 35.0 Å². The SMILES string of the molecule is CCOc1ccccc1OCC(=O)NNC(=O)c1oc2ccccc2c1COc1ccccc1. The number of carbonyl (C=O) groups excluding carboxylic acids is 2.